The maximum Gasteiger partial charge on any atom is 0.270 e. The normalized spacial score (nSPS) is 11.5. The van der Waals surface area contributed by atoms with Crippen molar-refractivity contribution in [2.75, 3.05) is 0 Å². The number of nitrogens with one attached hydrogen (secondary N) is 1. The maximum atomic E-state index is 12.2. The van der Waals surface area contributed by atoms with Gasteiger partial charge < -0.3 is 11.1 Å². The fourth-order valence-electron chi connectivity index (χ4n) is 2.12. The summed E-state index contributed by atoms with van der Waals surface area (Å²) in [5, 5.41) is 13.3. The lowest BCUT2D eigenvalue weighted by molar-refractivity contribution is -0.384. The molecule has 8 heteroatoms. The third-order valence-corrected chi connectivity index (χ3v) is 3.79. The number of halogens is 1. The fourth-order valence-corrected chi connectivity index (χ4v) is 2.57. The molecule has 2 rings (SSSR count). The van der Waals surface area contributed by atoms with Crippen LogP contribution >= 0.6 is 15.9 Å². The van der Waals surface area contributed by atoms with Crippen LogP contribution in [0.5, 0.6) is 0 Å². The fraction of sp³-hybridized carbons (Fsp3) is 0.125. The van der Waals surface area contributed by atoms with Crippen molar-refractivity contribution in [1.82, 2.24) is 5.32 Å². The molecule has 0 aliphatic heterocycles. The highest BCUT2D eigenvalue weighted by molar-refractivity contribution is 9.10. The molecule has 0 bridgehead atoms. The number of nitrogens with two attached hydrogens (primary N) is 1. The first-order valence-corrected chi connectivity index (χ1v) is 7.75. The first kappa shape index (κ1) is 17.6. The van der Waals surface area contributed by atoms with E-state index in [9.17, 15) is 19.7 Å². The molecule has 2 amide bonds. The van der Waals surface area contributed by atoms with Crippen molar-refractivity contribution in [1.29, 1.82) is 0 Å². The van der Waals surface area contributed by atoms with E-state index in [1.807, 2.05) is 12.1 Å². The minimum absolute atomic E-state index is 0.0877. The van der Waals surface area contributed by atoms with Gasteiger partial charge in [0.25, 0.3) is 11.6 Å². The number of rotatable bonds is 6. The Hall–Kier alpha value is -2.74. The highest BCUT2D eigenvalue weighted by atomic mass is 79.9. The molecule has 0 unspecified atom stereocenters. The van der Waals surface area contributed by atoms with Crippen LogP contribution < -0.4 is 11.1 Å². The first-order valence-electron chi connectivity index (χ1n) is 6.96. The molecular formula is C16H14BrN3O4. The predicted octanol–water partition coefficient (Wildman–Crippen LogP) is 2.18. The van der Waals surface area contributed by atoms with Crippen molar-refractivity contribution < 1.29 is 14.5 Å². The largest absolute Gasteiger partial charge is 0.368 e. The molecule has 0 fully saturated rings. The Morgan fingerprint density at radius 3 is 2.54 bits per heavy atom. The van der Waals surface area contributed by atoms with Crippen molar-refractivity contribution in [3.05, 3.63) is 74.2 Å². The summed E-state index contributed by atoms with van der Waals surface area (Å²) in [5.41, 5.74) is 6.05. The van der Waals surface area contributed by atoms with Gasteiger partial charge in [-0.05, 0) is 23.8 Å². The van der Waals surface area contributed by atoms with E-state index in [-0.39, 0.29) is 17.7 Å². The molecule has 2 aromatic rings. The zero-order valence-electron chi connectivity index (χ0n) is 12.4. The van der Waals surface area contributed by atoms with Crippen LogP contribution in [0.2, 0.25) is 0 Å². The Kier molecular flexibility index (Phi) is 5.64. The summed E-state index contributed by atoms with van der Waals surface area (Å²) in [6.45, 7) is 0. The van der Waals surface area contributed by atoms with Crippen LogP contribution in [0.15, 0.2) is 53.0 Å². The molecule has 0 aliphatic rings. The van der Waals surface area contributed by atoms with E-state index < -0.39 is 22.8 Å². The molecule has 1 atom stereocenters. The Morgan fingerprint density at radius 2 is 1.92 bits per heavy atom. The summed E-state index contributed by atoms with van der Waals surface area (Å²) in [7, 11) is 0. The molecule has 7 nitrogen and oxygen atoms in total. The van der Waals surface area contributed by atoms with E-state index >= 15 is 0 Å². The monoisotopic (exact) mass is 391 g/mol. The Morgan fingerprint density at radius 1 is 1.21 bits per heavy atom. The molecule has 0 radical (unpaired) electrons. The number of nitro benzene ring substituents is 1. The highest BCUT2D eigenvalue weighted by Crippen LogP contribution is 2.15. The molecule has 124 valence electrons. The number of hydrogen-bond donors (Lipinski definition) is 2. The molecule has 24 heavy (non-hydrogen) atoms. The molecule has 3 N–H and O–H groups in total. The molecule has 0 saturated carbocycles. The zero-order valence-corrected chi connectivity index (χ0v) is 14.0. The van der Waals surface area contributed by atoms with Gasteiger partial charge in [-0.3, -0.25) is 19.7 Å². The zero-order chi connectivity index (χ0) is 17.7. The van der Waals surface area contributed by atoms with E-state index in [2.05, 4.69) is 21.2 Å². The first-order chi connectivity index (χ1) is 11.4. The number of primary amides is 1. The van der Waals surface area contributed by atoms with Gasteiger partial charge in [0, 0.05) is 28.6 Å². The lowest BCUT2D eigenvalue weighted by Gasteiger charge is -2.16. The average molecular weight is 392 g/mol. The number of carbonyl (C=O) groups is 2. The SMILES string of the molecule is NC(=O)[C@H](Cc1cccc(Br)c1)NC(=O)c1cccc([N+](=O)[O-])c1. The van der Waals surface area contributed by atoms with E-state index in [1.165, 1.54) is 18.2 Å². The molecule has 2 aromatic carbocycles. The van der Waals surface area contributed by atoms with E-state index in [4.69, 9.17) is 5.73 Å². The number of benzene rings is 2. The number of amides is 2. The van der Waals surface area contributed by atoms with Crippen LogP contribution in [-0.2, 0) is 11.2 Å². The number of nitro groups is 1. The Bertz CT molecular complexity index is 794. The van der Waals surface area contributed by atoms with Gasteiger partial charge in [-0.25, -0.2) is 0 Å². The summed E-state index contributed by atoms with van der Waals surface area (Å²) in [6, 6.07) is 11.6. The molecule has 0 saturated heterocycles. The second-order valence-electron chi connectivity index (χ2n) is 5.07. The van der Waals surface area contributed by atoms with Gasteiger partial charge >= 0.3 is 0 Å². The molecular weight excluding hydrogens is 378 g/mol. The summed E-state index contributed by atoms with van der Waals surface area (Å²) in [4.78, 5) is 34.0. The van der Waals surface area contributed by atoms with Crippen LogP contribution in [0.25, 0.3) is 0 Å². The minimum Gasteiger partial charge on any atom is -0.368 e. The third kappa shape index (κ3) is 4.63. The van der Waals surface area contributed by atoms with E-state index in [0.29, 0.717) is 0 Å². The van der Waals surface area contributed by atoms with Gasteiger partial charge in [0.05, 0.1) is 4.92 Å². The second kappa shape index (κ2) is 7.69. The van der Waals surface area contributed by atoms with Crippen LogP contribution in [0.3, 0.4) is 0 Å². The highest BCUT2D eigenvalue weighted by Gasteiger charge is 2.20. The van der Waals surface area contributed by atoms with Gasteiger partial charge in [-0.1, -0.05) is 34.1 Å². The number of carbonyl (C=O) groups excluding carboxylic acids is 2. The van der Waals surface area contributed by atoms with Gasteiger partial charge in [0.1, 0.15) is 6.04 Å². The van der Waals surface area contributed by atoms with Crippen LogP contribution in [0.1, 0.15) is 15.9 Å². The van der Waals surface area contributed by atoms with Crippen LogP contribution in [-0.4, -0.2) is 22.8 Å². The molecule has 0 heterocycles. The Labute approximate surface area is 146 Å². The molecule has 0 aromatic heterocycles. The van der Waals surface area contributed by atoms with Gasteiger partial charge in [-0.15, -0.1) is 0 Å². The second-order valence-corrected chi connectivity index (χ2v) is 5.99. The van der Waals surface area contributed by atoms with Crippen molar-refractivity contribution in [3.8, 4) is 0 Å². The van der Waals surface area contributed by atoms with Crippen LogP contribution in [0, 0.1) is 10.1 Å². The lowest BCUT2D eigenvalue weighted by atomic mass is 10.0. The van der Waals surface area contributed by atoms with Crippen molar-refractivity contribution in [3.63, 3.8) is 0 Å². The molecule has 0 spiro atoms. The third-order valence-electron chi connectivity index (χ3n) is 3.30. The van der Waals surface area contributed by atoms with Gasteiger partial charge in [0.2, 0.25) is 5.91 Å². The summed E-state index contributed by atoms with van der Waals surface area (Å²) >= 11 is 3.33. The number of non-ortho nitro benzene ring substituents is 1. The van der Waals surface area contributed by atoms with Crippen molar-refractivity contribution in [2.45, 2.75) is 12.5 Å². The standard InChI is InChI=1S/C16H14BrN3O4/c17-12-5-1-3-10(7-12)8-14(15(18)21)19-16(22)11-4-2-6-13(9-11)20(23)24/h1-7,9,14H,8H2,(H2,18,21)(H,19,22)/t14-/m0/s1. The maximum absolute atomic E-state index is 12.2. The molecule has 0 aliphatic carbocycles. The Balaban J connectivity index is 2.15. The lowest BCUT2D eigenvalue weighted by Crippen LogP contribution is -2.45. The minimum atomic E-state index is -0.925. The van der Waals surface area contributed by atoms with E-state index in [1.54, 1.807) is 12.1 Å². The smallest absolute Gasteiger partial charge is 0.270 e. The van der Waals surface area contributed by atoms with Gasteiger partial charge in [-0.2, -0.15) is 0 Å². The quantitative estimate of drug-likeness (QED) is 0.579. The van der Waals surface area contributed by atoms with Crippen molar-refractivity contribution >= 4 is 33.4 Å². The number of nitrogens with zero attached hydrogens (tertiary/aromatic N) is 1. The van der Waals surface area contributed by atoms with Gasteiger partial charge in [0.15, 0.2) is 0 Å². The topological polar surface area (TPSA) is 115 Å². The van der Waals surface area contributed by atoms with Crippen molar-refractivity contribution in [2.24, 2.45) is 5.73 Å². The average Bonchev–Trinajstić information content (AvgIpc) is 2.54. The number of hydrogen-bond acceptors (Lipinski definition) is 4. The van der Waals surface area contributed by atoms with E-state index in [0.717, 1.165) is 16.1 Å². The predicted molar refractivity (Wildman–Crippen MR) is 91.4 cm³/mol. The summed E-state index contributed by atoms with van der Waals surface area (Å²) in [6.07, 6.45) is 0.218. The van der Waals surface area contributed by atoms with Crippen LogP contribution in [0.4, 0.5) is 5.69 Å². The summed E-state index contributed by atoms with van der Waals surface area (Å²) in [5.74, 6) is -1.29. The summed E-state index contributed by atoms with van der Waals surface area (Å²) < 4.78 is 0.841.